The van der Waals surface area contributed by atoms with Crippen LogP contribution < -0.4 is 15.5 Å². The number of carbonyl (C=O) groups is 1. The predicted octanol–water partition coefficient (Wildman–Crippen LogP) is 3.57. The molecule has 9 heteroatoms. The molecule has 8 nitrogen and oxygen atoms in total. The minimum Gasteiger partial charge on any atom is -0.378 e. The minimum atomic E-state index is -0.317. The summed E-state index contributed by atoms with van der Waals surface area (Å²) < 4.78 is 5.43. The third-order valence-corrected chi connectivity index (χ3v) is 5.90. The average Bonchev–Trinajstić information content (AvgIpc) is 2.85. The van der Waals surface area contributed by atoms with Crippen molar-refractivity contribution in [1.82, 2.24) is 20.3 Å². The molecule has 0 aliphatic carbocycles. The SMILES string of the molecule is CSc1ncc(-c2cc3c(c(Nc4ccc(N5CCOCC5)cc4)n2)C(=O)[N]C=C3)cn1. The number of pyridine rings is 1. The quantitative estimate of drug-likeness (QED) is 0.471. The largest absolute Gasteiger partial charge is 0.378 e. The summed E-state index contributed by atoms with van der Waals surface area (Å²) >= 11 is 1.48. The number of morpholine rings is 1. The van der Waals surface area contributed by atoms with Gasteiger partial charge in [-0.1, -0.05) is 11.8 Å². The van der Waals surface area contributed by atoms with Crippen molar-refractivity contribution < 1.29 is 9.53 Å². The standard InChI is InChI=1S/C23H21N6O2S/c1-32-23-25-13-16(14-26-23)19-12-15-6-7-24-22(30)20(15)21(28-19)27-17-2-4-18(5-3-17)29-8-10-31-11-9-29/h2-7,12-14H,8-11H2,1H3,(H,27,28). The molecule has 2 aliphatic rings. The monoisotopic (exact) mass is 445 g/mol. The number of thioether (sulfide) groups is 1. The van der Waals surface area contributed by atoms with E-state index in [1.807, 2.05) is 30.5 Å². The number of aromatic nitrogens is 3. The summed E-state index contributed by atoms with van der Waals surface area (Å²) in [6.07, 6.45) is 8.74. The molecule has 0 atom stereocenters. The summed E-state index contributed by atoms with van der Waals surface area (Å²) in [6.45, 7) is 3.24. The second kappa shape index (κ2) is 8.97. The Kier molecular flexibility index (Phi) is 5.74. The minimum absolute atomic E-state index is 0.317. The van der Waals surface area contributed by atoms with E-state index in [-0.39, 0.29) is 5.91 Å². The summed E-state index contributed by atoms with van der Waals surface area (Å²) in [5.41, 5.74) is 4.65. The number of carbonyl (C=O) groups excluding carboxylic acids is 1. The predicted molar refractivity (Wildman–Crippen MR) is 125 cm³/mol. The van der Waals surface area contributed by atoms with Gasteiger partial charge in [0, 0.05) is 48.6 Å². The van der Waals surface area contributed by atoms with Crippen LogP contribution in [0.4, 0.5) is 17.2 Å². The van der Waals surface area contributed by atoms with Crippen molar-refractivity contribution in [3.63, 3.8) is 0 Å². The van der Waals surface area contributed by atoms with Gasteiger partial charge in [-0.3, -0.25) is 4.79 Å². The molecule has 1 radical (unpaired) electrons. The van der Waals surface area contributed by atoms with Crippen LogP contribution in [0.3, 0.4) is 0 Å². The summed E-state index contributed by atoms with van der Waals surface area (Å²) in [6, 6.07) is 9.96. The van der Waals surface area contributed by atoms with E-state index >= 15 is 0 Å². The molecule has 2 aliphatic heterocycles. The highest BCUT2D eigenvalue weighted by Crippen LogP contribution is 2.31. The van der Waals surface area contributed by atoms with E-state index in [9.17, 15) is 4.79 Å². The summed E-state index contributed by atoms with van der Waals surface area (Å²) in [5.74, 6) is 0.145. The van der Waals surface area contributed by atoms with Crippen LogP contribution >= 0.6 is 11.8 Å². The second-order valence-electron chi connectivity index (χ2n) is 7.30. The Bertz CT molecular complexity index is 1160. The van der Waals surface area contributed by atoms with Gasteiger partial charge in [-0.25, -0.2) is 20.3 Å². The number of benzene rings is 1. The Morgan fingerprint density at radius 2 is 1.84 bits per heavy atom. The molecule has 5 rings (SSSR count). The van der Waals surface area contributed by atoms with Gasteiger partial charge in [0.15, 0.2) is 5.16 Å². The zero-order valence-electron chi connectivity index (χ0n) is 17.5. The highest BCUT2D eigenvalue weighted by atomic mass is 32.2. The molecule has 4 heterocycles. The molecule has 1 aromatic carbocycles. The maximum absolute atomic E-state index is 12.5. The number of fused-ring (bicyclic) bond motifs is 1. The van der Waals surface area contributed by atoms with Crippen molar-refractivity contribution >= 4 is 40.9 Å². The van der Waals surface area contributed by atoms with Gasteiger partial charge in [0.25, 0.3) is 5.91 Å². The molecule has 1 N–H and O–H groups in total. The van der Waals surface area contributed by atoms with E-state index in [1.54, 1.807) is 12.4 Å². The lowest BCUT2D eigenvalue weighted by molar-refractivity contribution is 0.0965. The number of amides is 1. The van der Waals surface area contributed by atoms with Crippen LogP contribution in [0.2, 0.25) is 0 Å². The van der Waals surface area contributed by atoms with Crippen LogP contribution in [0.5, 0.6) is 0 Å². The Morgan fingerprint density at radius 3 is 2.56 bits per heavy atom. The van der Waals surface area contributed by atoms with E-state index in [0.29, 0.717) is 22.2 Å². The van der Waals surface area contributed by atoms with E-state index in [0.717, 1.165) is 48.8 Å². The van der Waals surface area contributed by atoms with Crippen molar-refractivity contribution in [2.24, 2.45) is 0 Å². The number of nitrogens with one attached hydrogen (secondary N) is 1. The second-order valence-corrected chi connectivity index (χ2v) is 8.07. The van der Waals surface area contributed by atoms with Crippen molar-refractivity contribution in [2.75, 3.05) is 42.8 Å². The molecule has 1 fully saturated rings. The number of hydrogen-bond donors (Lipinski definition) is 1. The average molecular weight is 446 g/mol. The number of hydrogen-bond acceptors (Lipinski definition) is 8. The molecular weight excluding hydrogens is 424 g/mol. The Balaban J connectivity index is 1.48. The van der Waals surface area contributed by atoms with Crippen molar-refractivity contribution in [1.29, 1.82) is 0 Å². The smallest absolute Gasteiger partial charge is 0.281 e. The first-order valence-electron chi connectivity index (χ1n) is 10.2. The lowest BCUT2D eigenvalue weighted by atomic mass is 10.0. The van der Waals surface area contributed by atoms with Gasteiger partial charge < -0.3 is 15.0 Å². The highest BCUT2D eigenvalue weighted by Gasteiger charge is 2.22. The number of ether oxygens (including phenoxy) is 1. The molecular formula is C23H21N6O2S. The van der Waals surface area contributed by atoms with Crippen LogP contribution in [-0.4, -0.2) is 53.4 Å². The molecule has 0 spiro atoms. The third kappa shape index (κ3) is 4.17. The molecule has 32 heavy (non-hydrogen) atoms. The third-order valence-electron chi connectivity index (χ3n) is 5.32. The van der Waals surface area contributed by atoms with Gasteiger partial charge >= 0.3 is 0 Å². The molecule has 0 unspecified atom stereocenters. The number of nitrogens with zero attached hydrogens (tertiary/aromatic N) is 5. The van der Waals surface area contributed by atoms with E-state index in [4.69, 9.17) is 9.72 Å². The molecule has 2 aromatic heterocycles. The first-order chi connectivity index (χ1) is 15.7. The van der Waals surface area contributed by atoms with Crippen LogP contribution in [0.25, 0.3) is 17.3 Å². The summed E-state index contributed by atoms with van der Waals surface area (Å²) in [4.78, 5) is 28.3. The molecule has 0 bridgehead atoms. The summed E-state index contributed by atoms with van der Waals surface area (Å²) in [7, 11) is 0. The number of rotatable bonds is 5. The lowest BCUT2D eigenvalue weighted by Crippen LogP contribution is -2.36. The van der Waals surface area contributed by atoms with Crippen LogP contribution in [-0.2, 0) is 4.74 Å². The Hall–Kier alpha value is -3.43. The van der Waals surface area contributed by atoms with Gasteiger partial charge in [-0.15, -0.1) is 0 Å². The highest BCUT2D eigenvalue weighted by molar-refractivity contribution is 7.98. The fourth-order valence-corrected chi connectivity index (χ4v) is 3.99. The van der Waals surface area contributed by atoms with Gasteiger partial charge in [-0.05, 0) is 48.2 Å². The topological polar surface area (TPSA) is 94.3 Å². The van der Waals surface area contributed by atoms with Crippen LogP contribution in [0, 0.1) is 0 Å². The molecule has 1 saturated heterocycles. The summed E-state index contributed by atoms with van der Waals surface area (Å²) in [5, 5.41) is 7.93. The maximum Gasteiger partial charge on any atom is 0.281 e. The van der Waals surface area contributed by atoms with Crippen molar-refractivity contribution in [3.8, 4) is 11.3 Å². The number of anilines is 3. The molecule has 161 valence electrons. The molecule has 1 amide bonds. The fraction of sp³-hybridized carbons (Fsp3) is 0.217. The first-order valence-corrected chi connectivity index (χ1v) is 11.5. The van der Waals surface area contributed by atoms with Gasteiger partial charge in [0.2, 0.25) is 0 Å². The van der Waals surface area contributed by atoms with Crippen LogP contribution in [0.15, 0.2) is 54.1 Å². The van der Waals surface area contributed by atoms with Crippen molar-refractivity contribution in [3.05, 3.63) is 60.1 Å². The zero-order valence-corrected chi connectivity index (χ0v) is 18.3. The molecule has 3 aromatic rings. The lowest BCUT2D eigenvalue weighted by Gasteiger charge is -2.29. The van der Waals surface area contributed by atoms with Gasteiger partial charge in [0.1, 0.15) is 5.82 Å². The molecule has 0 saturated carbocycles. The van der Waals surface area contributed by atoms with Gasteiger partial charge in [-0.2, -0.15) is 0 Å². The Morgan fingerprint density at radius 1 is 1.09 bits per heavy atom. The normalized spacial score (nSPS) is 15.3. The zero-order chi connectivity index (χ0) is 21.9. The van der Waals surface area contributed by atoms with Crippen molar-refractivity contribution in [2.45, 2.75) is 5.16 Å². The Labute approximate surface area is 190 Å². The van der Waals surface area contributed by atoms with Crippen LogP contribution in [0.1, 0.15) is 15.9 Å². The van der Waals surface area contributed by atoms with E-state index < -0.39 is 0 Å². The van der Waals surface area contributed by atoms with Gasteiger partial charge in [0.05, 0.1) is 24.5 Å². The fourth-order valence-electron chi connectivity index (χ4n) is 3.68. The maximum atomic E-state index is 12.5. The van der Waals surface area contributed by atoms with E-state index in [2.05, 4.69) is 37.6 Å². The van der Waals surface area contributed by atoms with E-state index in [1.165, 1.54) is 18.0 Å². The first kappa shape index (κ1) is 20.5.